The van der Waals surface area contributed by atoms with E-state index in [0.717, 1.165) is 31.0 Å². The molecular formula is C11H22N2. The van der Waals surface area contributed by atoms with Crippen molar-refractivity contribution in [3.8, 4) is 0 Å². The zero-order chi connectivity index (χ0) is 9.42. The van der Waals surface area contributed by atoms with E-state index in [9.17, 15) is 0 Å². The van der Waals surface area contributed by atoms with Crippen LogP contribution in [0.3, 0.4) is 0 Å². The summed E-state index contributed by atoms with van der Waals surface area (Å²) in [6.07, 6.45) is 4.26. The first-order chi connectivity index (χ1) is 6.18. The Kier molecular flexibility index (Phi) is 2.61. The summed E-state index contributed by atoms with van der Waals surface area (Å²) in [6, 6.07) is 1.29. The Bertz CT molecular complexity index is 165. The van der Waals surface area contributed by atoms with Gasteiger partial charge in [0.05, 0.1) is 0 Å². The Hall–Kier alpha value is -0.0800. The fourth-order valence-corrected chi connectivity index (χ4v) is 3.18. The van der Waals surface area contributed by atoms with Gasteiger partial charge in [-0.15, -0.1) is 0 Å². The van der Waals surface area contributed by atoms with E-state index in [1.54, 1.807) is 0 Å². The predicted molar refractivity (Wildman–Crippen MR) is 55.5 cm³/mol. The van der Waals surface area contributed by atoms with Gasteiger partial charge in [-0.25, -0.2) is 0 Å². The summed E-state index contributed by atoms with van der Waals surface area (Å²) in [7, 11) is 0. The van der Waals surface area contributed by atoms with Crippen LogP contribution in [0.15, 0.2) is 0 Å². The minimum Gasteiger partial charge on any atom is -0.325 e. The molecule has 1 saturated carbocycles. The average Bonchev–Trinajstić information content (AvgIpc) is 2.00. The van der Waals surface area contributed by atoms with Crippen LogP contribution in [-0.2, 0) is 0 Å². The molecule has 13 heavy (non-hydrogen) atoms. The third-order valence-electron chi connectivity index (χ3n) is 3.84. The number of nitrogens with zero attached hydrogens (tertiary/aromatic N) is 1. The molecule has 1 aliphatic carbocycles. The van der Waals surface area contributed by atoms with Crippen molar-refractivity contribution in [2.24, 2.45) is 17.6 Å². The van der Waals surface area contributed by atoms with Gasteiger partial charge in [0.15, 0.2) is 0 Å². The van der Waals surface area contributed by atoms with Crippen LogP contribution in [0.25, 0.3) is 0 Å². The second-order valence-corrected chi connectivity index (χ2v) is 5.09. The molecule has 1 saturated heterocycles. The molecule has 76 valence electrons. The molecule has 2 unspecified atom stereocenters. The molecular weight excluding hydrogens is 160 g/mol. The number of hydrogen-bond acceptors (Lipinski definition) is 2. The largest absolute Gasteiger partial charge is 0.325 e. The van der Waals surface area contributed by atoms with E-state index < -0.39 is 0 Å². The highest BCUT2D eigenvalue weighted by atomic mass is 15.2. The Balaban J connectivity index is 1.94. The van der Waals surface area contributed by atoms with Crippen molar-refractivity contribution in [2.75, 3.05) is 13.1 Å². The topological polar surface area (TPSA) is 29.3 Å². The van der Waals surface area contributed by atoms with E-state index in [2.05, 4.69) is 18.7 Å². The maximum atomic E-state index is 5.82. The first-order valence-corrected chi connectivity index (χ1v) is 5.68. The third-order valence-corrected chi connectivity index (χ3v) is 3.84. The zero-order valence-corrected chi connectivity index (χ0v) is 8.87. The van der Waals surface area contributed by atoms with Crippen LogP contribution in [0, 0.1) is 11.8 Å². The first kappa shape index (κ1) is 9.47. The van der Waals surface area contributed by atoms with Gasteiger partial charge >= 0.3 is 0 Å². The van der Waals surface area contributed by atoms with Crippen molar-refractivity contribution in [1.82, 2.24) is 4.90 Å². The number of nitrogens with two attached hydrogens (primary N) is 1. The standard InChI is InChI=1S/C11H22N2/c1-8-4-3-5-9(2)11(8)13-6-10(12)7-13/h8-11H,3-7,12H2,1-2H3. The number of rotatable bonds is 1. The maximum Gasteiger partial charge on any atom is 0.0297 e. The van der Waals surface area contributed by atoms with Gasteiger partial charge < -0.3 is 5.73 Å². The fourth-order valence-electron chi connectivity index (χ4n) is 3.18. The lowest BCUT2D eigenvalue weighted by Crippen LogP contribution is -2.62. The van der Waals surface area contributed by atoms with Crippen molar-refractivity contribution in [2.45, 2.75) is 45.2 Å². The van der Waals surface area contributed by atoms with E-state index in [0.29, 0.717) is 6.04 Å². The highest BCUT2D eigenvalue weighted by Gasteiger charge is 2.37. The normalized spacial score (nSPS) is 43.2. The molecule has 0 aromatic rings. The van der Waals surface area contributed by atoms with Crippen LogP contribution in [0.1, 0.15) is 33.1 Å². The smallest absolute Gasteiger partial charge is 0.0297 e. The molecule has 2 atom stereocenters. The molecule has 0 spiro atoms. The molecule has 2 fully saturated rings. The lowest BCUT2D eigenvalue weighted by Gasteiger charge is -2.49. The van der Waals surface area contributed by atoms with Crippen LogP contribution in [0.5, 0.6) is 0 Å². The Morgan fingerprint density at radius 2 is 1.62 bits per heavy atom. The zero-order valence-electron chi connectivity index (χ0n) is 8.87. The van der Waals surface area contributed by atoms with Gasteiger partial charge in [0.2, 0.25) is 0 Å². The van der Waals surface area contributed by atoms with Crippen molar-refractivity contribution < 1.29 is 0 Å². The summed E-state index contributed by atoms with van der Waals surface area (Å²) in [5.41, 5.74) is 5.82. The van der Waals surface area contributed by atoms with Gasteiger partial charge in [-0.05, 0) is 24.7 Å². The van der Waals surface area contributed by atoms with E-state index in [-0.39, 0.29) is 0 Å². The van der Waals surface area contributed by atoms with Crippen LogP contribution in [0.4, 0.5) is 0 Å². The van der Waals surface area contributed by atoms with E-state index >= 15 is 0 Å². The lowest BCUT2D eigenvalue weighted by atomic mass is 9.76. The SMILES string of the molecule is CC1CCCC(C)C1N1CC(N)C1. The van der Waals surface area contributed by atoms with Crippen molar-refractivity contribution in [3.05, 3.63) is 0 Å². The second-order valence-electron chi connectivity index (χ2n) is 5.09. The minimum atomic E-state index is 0.460. The van der Waals surface area contributed by atoms with Crippen LogP contribution < -0.4 is 5.73 Å². The molecule has 2 heteroatoms. The summed E-state index contributed by atoms with van der Waals surface area (Å²) >= 11 is 0. The Morgan fingerprint density at radius 1 is 1.08 bits per heavy atom. The summed E-state index contributed by atoms with van der Waals surface area (Å²) < 4.78 is 0. The molecule has 0 aromatic heterocycles. The van der Waals surface area contributed by atoms with Gasteiger partial charge in [-0.3, -0.25) is 4.90 Å². The Morgan fingerprint density at radius 3 is 2.08 bits per heavy atom. The average molecular weight is 182 g/mol. The summed E-state index contributed by atoms with van der Waals surface area (Å²) in [6.45, 7) is 7.09. The van der Waals surface area contributed by atoms with Crippen molar-refractivity contribution >= 4 is 0 Å². The molecule has 1 heterocycles. The second kappa shape index (κ2) is 3.58. The Labute approximate surface area is 81.5 Å². The highest BCUT2D eigenvalue weighted by molar-refractivity contribution is 4.93. The van der Waals surface area contributed by atoms with Gasteiger partial charge in [-0.1, -0.05) is 20.3 Å². The van der Waals surface area contributed by atoms with E-state index in [1.807, 2.05) is 0 Å². The monoisotopic (exact) mass is 182 g/mol. The quantitative estimate of drug-likeness (QED) is 0.665. The minimum absolute atomic E-state index is 0.460. The van der Waals surface area contributed by atoms with Gasteiger partial charge in [0.1, 0.15) is 0 Å². The number of likely N-dealkylation sites (tertiary alicyclic amines) is 1. The molecule has 2 aliphatic rings. The van der Waals surface area contributed by atoms with Gasteiger partial charge in [0, 0.05) is 25.2 Å². The molecule has 2 N–H and O–H groups in total. The summed E-state index contributed by atoms with van der Waals surface area (Å²) in [4.78, 5) is 2.60. The first-order valence-electron chi connectivity index (χ1n) is 5.68. The van der Waals surface area contributed by atoms with Crippen LogP contribution in [-0.4, -0.2) is 30.1 Å². The summed E-state index contributed by atoms with van der Waals surface area (Å²) in [5, 5.41) is 0. The lowest BCUT2D eigenvalue weighted by molar-refractivity contribution is 0.0115. The molecule has 1 aliphatic heterocycles. The van der Waals surface area contributed by atoms with Crippen molar-refractivity contribution in [3.63, 3.8) is 0 Å². The van der Waals surface area contributed by atoms with E-state index in [1.165, 1.54) is 19.3 Å². The molecule has 0 radical (unpaired) electrons. The van der Waals surface area contributed by atoms with E-state index in [4.69, 9.17) is 5.73 Å². The highest BCUT2D eigenvalue weighted by Crippen LogP contribution is 2.34. The van der Waals surface area contributed by atoms with Crippen LogP contribution >= 0.6 is 0 Å². The van der Waals surface area contributed by atoms with Gasteiger partial charge in [0.25, 0.3) is 0 Å². The fraction of sp³-hybridized carbons (Fsp3) is 1.00. The van der Waals surface area contributed by atoms with Crippen molar-refractivity contribution in [1.29, 1.82) is 0 Å². The molecule has 2 rings (SSSR count). The molecule has 0 amide bonds. The third kappa shape index (κ3) is 1.75. The summed E-state index contributed by atoms with van der Waals surface area (Å²) in [5.74, 6) is 1.77. The van der Waals surface area contributed by atoms with Gasteiger partial charge in [-0.2, -0.15) is 0 Å². The molecule has 0 aromatic carbocycles. The predicted octanol–water partition coefficient (Wildman–Crippen LogP) is 1.45. The number of hydrogen-bond donors (Lipinski definition) is 1. The molecule has 2 nitrogen and oxygen atoms in total. The molecule has 0 bridgehead atoms. The maximum absolute atomic E-state index is 5.82. The van der Waals surface area contributed by atoms with Crippen LogP contribution in [0.2, 0.25) is 0 Å².